The van der Waals surface area contributed by atoms with E-state index in [2.05, 4.69) is 111 Å². The summed E-state index contributed by atoms with van der Waals surface area (Å²) >= 11 is 1.68. The van der Waals surface area contributed by atoms with E-state index in [-0.39, 0.29) is 24.1 Å². The molecular formula is C46H66N2PRuS+. The number of hydrogen-bond donors (Lipinski definition) is 0. The minimum absolute atomic E-state index is 0.0465. The Kier molecular flexibility index (Phi) is 13.8. The van der Waals surface area contributed by atoms with Crippen LogP contribution < -0.4 is 0 Å². The summed E-state index contributed by atoms with van der Waals surface area (Å²) in [6.07, 6.45) is 23.8. The van der Waals surface area contributed by atoms with Crippen molar-refractivity contribution >= 4 is 23.9 Å². The molecule has 3 aliphatic rings. The maximum atomic E-state index is 2.54. The molecule has 0 aliphatic heterocycles. The Hall–Kier alpha value is -1.73. The minimum atomic E-state index is -0.146. The second-order valence-electron chi connectivity index (χ2n) is 16.3. The standard InChI is InChI=1S/C23H28N2.C18H33P.C5H4S.Ru/c1-14-9-16(3)22(17(4)10-14)24-13-25(21(8)20(24)7)23-18(5)11-15(2)12-19(23)6;1-4-10-16(11-5-1)19(17-12-6-2-7-13-17)18-14-8-3-9-15-18;1-5-3-2-4-6-5;/h9-12H,1-8H3;16-18H,1-15H2;1-4H;/p+1. The van der Waals surface area contributed by atoms with Crippen LogP contribution in [-0.4, -0.2) is 30.7 Å². The molecule has 5 heteroatoms. The molecule has 0 saturated heterocycles. The van der Waals surface area contributed by atoms with Crippen molar-refractivity contribution in [2.45, 2.75) is 169 Å². The van der Waals surface area contributed by atoms with Crippen LogP contribution in [0.3, 0.4) is 0 Å². The van der Waals surface area contributed by atoms with E-state index >= 15 is 0 Å². The first-order valence-corrected chi connectivity index (χ1v) is 24.8. The van der Waals surface area contributed by atoms with Crippen LogP contribution in [0.15, 0.2) is 41.8 Å². The van der Waals surface area contributed by atoms with Gasteiger partial charge in [0.25, 0.3) is 0 Å². The molecule has 0 radical (unpaired) electrons. The van der Waals surface area contributed by atoms with Gasteiger partial charge < -0.3 is 0 Å². The molecule has 0 unspecified atom stereocenters. The van der Waals surface area contributed by atoms with Gasteiger partial charge in [-0.15, -0.1) is 0 Å². The summed E-state index contributed by atoms with van der Waals surface area (Å²) in [6.45, 7) is 17.9. The zero-order valence-electron chi connectivity index (χ0n) is 33.1. The van der Waals surface area contributed by atoms with Gasteiger partial charge in [0.1, 0.15) is 0 Å². The Labute approximate surface area is 322 Å². The molecule has 0 bridgehead atoms. The van der Waals surface area contributed by atoms with E-state index < -0.39 is 0 Å². The Bertz CT molecular complexity index is 1700. The van der Waals surface area contributed by atoms with Crippen LogP contribution in [0, 0.1) is 59.4 Å². The van der Waals surface area contributed by atoms with Crippen molar-refractivity contribution in [3.8, 4) is 11.4 Å². The molecule has 4 aromatic rings. The van der Waals surface area contributed by atoms with Gasteiger partial charge in [-0.25, -0.2) is 0 Å². The fourth-order valence-corrected chi connectivity index (χ4v) is 18.5. The predicted molar refractivity (Wildman–Crippen MR) is 225 cm³/mol. The number of hydrogen-bond acceptors (Lipinski definition) is 1. The molecule has 3 aliphatic carbocycles. The zero-order chi connectivity index (χ0) is 36.1. The van der Waals surface area contributed by atoms with Crippen LogP contribution in [0.25, 0.3) is 11.4 Å². The van der Waals surface area contributed by atoms with Crippen molar-refractivity contribution in [1.29, 1.82) is 0 Å². The monoisotopic (exact) mass is 811 g/mol. The van der Waals surface area contributed by atoms with E-state index in [1.807, 2.05) is 11.3 Å². The van der Waals surface area contributed by atoms with Gasteiger partial charge in [0.2, 0.25) is 0 Å². The van der Waals surface area contributed by atoms with Crippen molar-refractivity contribution < 1.29 is 16.2 Å². The van der Waals surface area contributed by atoms with Crippen molar-refractivity contribution in [2.24, 2.45) is 0 Å². The van der Waals surface area contributed by atoms with Crippen molar-refractivity contribution in [2.75, 3.05) is 0 Å². The van der Waals surface area contributed by atoms with Crippen molar-refractivity contribution in [1.82, 2.24) is 9.13 Å². The van der Waals surface area contributed by atoms with Crippen LogP contribution in [0.1, 0.15) is 146 Å². The Balaban J connectivity index is 0.000000200. The summed E-state index contributed by atoms with van der Waals surface area (Å²) in [5.41, 5.74) is 17.0. The predicted octanol–water partition coefficient (Wildman–Crippen LogP) is 13.5. The third-order valence-corrected chi connectivity index (χ3v) is 20.0. The normalized spacial score (nSPS) is 17.8. The van der Waals surface area contributed by atoms with Gasteiger partial charge in [0.05, 0.1) is 17.0 Å². The summed E-state index contributed by atoms with van der Waals surface area (Å²) in [4.78, 5) is 1.35. The summed E-state index contributed by atoms with van der Waals surface area (Å²) in [5, 5.41) is 2.17. The average Bonchev–Trinajstić information content (AvgIpc) is 3.72. The molecule has 2 heterocycles. The van der Waals surface area contributed by atoms with E-state index in [1.54, 1.807) is 96.3 Å². The first kappa shape index (κ1) is 39.0. The quantitative estimate of drug-likeness (QED) is 0.136. The van der Waals surface area contributed by atoms with Gasteiger partial charge in [0, 0.05) is 7.92 Å². The van der Waals surface area contributed by atoms with E-state index in [1.165, 1.54) is 82.0 Å². The second-order valence-corrected chi connectivity index (χ2v) is 22.5. The van der Waals surface area contributed by atoms with Gasteiger partial charge in [-0.1, -0.05) is 19.3 Å². The van der Waals surface area contributed by atoms with Gasteiger partial charge in [-0.2, -0.15) is 0 Å². The molecule has 0 N–H and O–H groups in total. The molecule has 2 aromatic carbocycles. The number of rotatable bonds is 6. The zero-order valence-corrected chi connectivity index (χ0v) is 36.7. The van der Waals surface area contributed by atoms with Gasteiger partial charge in [0.15, 0.2) is 0 Å². The Morgan fingerprint density at radius 3 is 1.27 bits per heavy atom. The van der Waals surface area contributed by atoms with Gasteiger partial charge >= 0.3 is 204 Å². The fraction of sp³-hybridized carbons (Fsp3) is 0.565. The molecule has 3 saturated carbocycles. The third-order valence-electron chi connectivity index (χ3n) is 12.3. The van der Waals surface area contributed by atoms with E-state index in [0.29, 0.717) is 0 Å². The number of imidazole rings is 1. The number of nitrogens with zero attached hydrogens (tertiary/aromatic N) is 2. The molecule has 2 nitrogen and oxygen atoms in total. The molecular weight excluding hydrogens is 745 g/mol. The third kappa shape index (κ3) is 9.15. The SMILES string of the molecule is C1CCC([PH+](C2CCCCC2)C2CCCCC2)CC1.Cc1cc(C)c(-n2c(C)c(C)n(-c3c(C)cc(C)cc3C)[c]2=[Ru]=[CH]c2cccs2)c(C)c1. The van der Waals surface area contributed by atoms with Crippen LogP contribution in [-0.2, 0) is 16.2 Å². The number of benzene rings is 2. The maximum absolute atomic E-state index is 2.54. The molecule has 3 fully saturated rings. The molecule has 0 spiro atoms. The van der Waals surface area contributed by atoms with E-state index in [0.717, 1.165) is 0 Å². The number of aryl methyl sites for hydroxylation is 6. The van der Waals surface area contributed by atoms with Crippen LogP contribution in [0.5, 0.6) is 0 Å². The van der Waals surface area contributed by atoms with Crippen molar-refractivity contribution in [3.63, 3.8) is 0 Å². The van der Waals surface area contributed by atoms with Gasteiger partial charge in [-0.05, 0) is 77.0 Å². The summed E-state index contributed by atoms with van der Waals surface area (Å²) < 4.78 is 8.93. The van der Waals surface area contributed by atoms with Gasteiger partial charge in [-0.3, -0.25) is 0 Å². The number of thiophene rings is 1. The first-order valence-electron chi connectivity index (χ1n) is 20.3. The van der Waals surface area contributed by atoms with Crippen LogP contribution >= 0.6 is 19.3 Å². The molecule has 0 atom stereocenters. The Morgan fingerprint density at radius 1 is 0.569 bits per heavy atom. The molecule has 51 heavy (non-hydrogen) atoms. The average molecular weight is 811 g/mol. The van der Waals surface area contributed by atoms with Crippen LogP contribution in [0.4, 0.5) is 0 Å². The summed E-state index contributed by atoms with van der Waals surface area (Å²) in [7, 11) is -0.0465. The summed E-state index contributed by atoms with van der Waals surface area (Å²) in [6, 6.07) is 13.6. The fourth-order valence-electron chi connectivity index (χ4n) is 10.1. The van der Waals surface area contributed by atoms with E-state index in [9.17, 15) is 0 Å². The molecule has 278 valence electrons. The topological polar surface area (TPSA) is 9.86 Å². The van der Waals surface area contributed by atoms with E-state index in [4.69, 9.17) is 0 Å². The first-order chi connectivity index (χ1) is 24.6. The number of aromatic nitrogens is 2. The van der Waals surface area contributed by atoms with Crippen molar-refractivity contribution in [3.05, 3.63) is 95.4 Å². The molecule has 7 rings (SSSR count). The van der Waals surface area contributed by atoms with Crippen LogP contribution in [0.2, 0.25) is 0 Å². The Morgan fingerprint density at radius 2 is 0.941 bits per heavy atom. The molecule has 0 amide bonds. The second kappa shape index (κ2) is 18.1. The summed E-state index contributed by atoms with van der Waals surface area (Å²) in [5.74, 6) is 0. The molecule has 2 aromatic heterocycles.